The molecule has 0 saturated heterocycles. The highest BCUT2D eigenvalue weighted by Crippen LogP contribution is 2.29. The molecule has 0 N–H and O–H groups in total. The molecule has 2 heteroatoms. The van der Waals surface area contributed by atoms with Crippen molar-refractivity contribution in [3.05, 3.63) is 0 Å². The third kappa shape index (κ3) is 5.53. The molecule has 0 radical (unpaired) electrons. The first-order valence-corrected chi connectivity index (χ1v) is 6.78. The van der Waals surface area contributed by atoms with Crippen molar-refractivity contribution in [2.75, 3.05) is 6.61 Å². The molecular weight excluding hydrogens is 200 g/mol. The molecule has 16 heavy (non-hydrogen) atoms. The summed E-state index contributed by atoms with van der Waals surface area (Å²) in [6.07, 6.45) is 7.37. The zero-order chi connectivity index (χ0) is 12.4. The van der Waals surface area contributed by atoms with E-state index in [1.807, 2.05) is 6.92 Å². The smallest absolute Gasteiger partial charge is 0.311 e. The summed E-state index contributed by atoms with van der Waals surface area (Å²) >= 11 is 0. The predicted octanol–water partition coefficient (Wildman–Crippen LogP) is 4.33. The van der Waals surface area contributed by atoms with Gasteiger partial charge in [0.2, 0.25) is 0 Å². The fourth-order valence-corrected chi connectivity index (χ4v) is 1.68. The lowest BCUT2D eigenvalue weighted by molar-refractivity contribution is -0.155. The van der Waals surface area contributed by atoms with Gasteiger partial charge >= 0.3 is 5.97 Å². The quantitative estimate of drug-likeness (QED) is 0.434. The van der Waals surface area contributed by atoms with Crippen molar-refractivity contribution in [1.82, 2.24) is 0 Å². The van der Waals surface area contributed by atoms with Crippen LogP contribution in [0, 0.1) is 5.41 Å². The zero-order valence-corrected chi connectivity index (χ0v) is 11.5. The molecule has 96 valence electrons. The average Bonchev–Trinajstić information content (AvgIpc) is 2.31. The van der Waals surface area contributed by atoms with Crippen LogP contribution in [-0.4, -0.2) is 12.6 Å². The molecule has 0 aromatic carbocycles. The molecular formula is C14H28O2. The minimum atomic E-state index is -0.262. The van der Waals surface area contributed by atoms with Gasteiger partial charge in [0, 0.05) is 0 Å². The summed E-state index contributed by atoms with van der Waals surface area (Å²) in [5.74, 6) is -0.000414. The highest BCUT2D eigenvalue weighted by Gasteiger charge is 2.31. The summed E-state index contributed by atoms with van der Waals surface area (Å²) < 4.78 is 5.36. The Bertz CT molecular complexity index is 189. The predicted molar refractivity (Wildman–Crippen MR) is 68.4 cm³/mol. The number of rotatable bonds is 9. The van der Waals surface area contributed by atoms with Gasteiger partial charge in [-0.1, -0.05) is 46.5 Å². The standard InChI is InChI=1S/C14H28O2/c1-5-8-10-12-16-13(15)14(4,7-3)11-9-6-2/h5-12H2,1-4H3. The van der Waals surface area contributed by atoms with Crippen LogP contribution in [0.4, 0.5) is 0 Å². The monoisotopic (exact) mass is 228 g/mol. The molecule has 0 bridgehead atoms. The Morgan fingerprint density at radius 2 is 1.69 bits per heavy atom. The number of hydrogen-bond donors (Lipinski definition) is 0. The van der Waals surface area contributed by atoms with Crippen molar-refractivity contribution in [2.45, 2.75) is 72.6 Å². The lowest BCUT2D eigenvalue weighted by Gasteiger charge is -2.25. The van der Waals surface area contributed by atoms with Crippen molar-refractivity contribution in [3.63, 3.8) is 0 Å². The van der Waals surface area contributed by atoms with E-state index >= 15 is 0 Å². The number of ether oxygens (including phenoxy) is 1. The van der Waals surface area contributed by atoms with Gasteiger partial charge in [-0.2, -0.15) is 0 Å². The lowest BCUT2D eigenvalue weighted by atomic mass is 9.82. The second-order valence-corrected chi connectivity index (χ2v) is 4.86. The van der Waals surface area contributed by atoms with Crippen LogP contribution in [0.1, 0.15) is 72.6 Å². The van der Waals surface area contributed by atoms with Gasteiger partial charge < -0.3 is 4.74 Å². The third-order valence-corrected chi connectivity index (χ3v) is 3.34. The summed E-state index contributed by atoms with van der Waals surface area (Å²) in [7, 11) is 0. The maximum Gasteiger partial charge on any atom is 0.311 e. The van der Waals surface area contributed by atoms with E-state index in [-0.39, 0.29) is 11.4 Å². The minimum Gasteiger partial charge on any atom is -0.465 e. The Hall–Kier alpha value is -0.530. The number of esters is 1. The van der Waals surface area contributed by atoms with Gasteiger partial charge in [-0.3, -0.25) is 4.79 Å². The second kappa shape index (κ2) is 8.60. The Morgan fingerprint density at radius 1 is 1.06 bits per heavy atom. The molecule has 0 aromatic heterocycles. The highest BCUT2D eigenvalue weighted by atomic mass is 16.5. The van der Waals surface area contributed by atoms with E-state index < -0.39 is 0 Å². The molecule has 2 nitrogen and oxygen atoms in total. The van der Waals surface area contributed by atoms with Crippen LogP contribution in [0.2, 0.25) is 0 Å². The number of carbonyl (C=O) groups is 1. The fourth-order valence-electron chi connectivity index (χ4n) is 1.68. The zero-order valence-electron chi connectivity index (χ0n) is 11.5. The van der Waals surface area contributed by atoms with E-state index in [1.54, 1.807) is 0 Å². The van der Waals surface area contributed by atoms with Crippen molar-refractivity contribution in [1.29, 1.82) is 0 Å². The van der Waals surface area contributed by atoms with E-state index in [0.717, 1.165) is 38.5 Å². The molecule has 0 spiro atoms. The number of carbonyl (C=O) groups excluding carboxylic acids is 1. The van der Waals surface area contributed by atoms with Crippen LogP contribution in [0.5, 0.6) is 0 Å². The van der Waals surface area contributed by atoms with Crippen molar-refractivity contribution in [3.8, 4) is 0 Å². The van der Waals surface area contributed by atoms with Crippen LogP contribution in [0.25, 0.3) is 0 Å². The van der Waals surface area contributed by atoms with Crippen LogP contribution < -0.4 is 0 Å². The van der Waals surface area contributed by atoms with E-state index in [9.17, 15) is 4.79 Å². The average molecular weight is 228 g/mol. The molecule has 0 heterocycles. The molecule has 0 aliphatic rings. The number of unbranched alkanes of at least 4 members (excludes halogenated alkanes) is 3. The van der Waals surface area contributed by atoms with Crippen LogP contribution in [0.15, 0.2) is 0 Å². The van der Waals surface area contributed by atoms with Gasteiger partial charge in [0.25, 0.3) is 0 Å². The van der Waals surface area contributed by atoms with Crippen molar-refractivity contribution < 1.29 is 9.53 Å². The van der Waals surface area contributed by atoms with Crippen molar-refractivity contribution >= 4 is 5.97 Å². The van der Waals surface area contributed by atoms with Gasteiger partial charge in [0.15, 0.2) is 0 Å². The first-order valence-electron chi connectivity index (χ1n) is 6.78. The molecule has 0 fully saturated rings. The van der Waals surface area contributed by atoms with Gasteiger partial charge in [0.1, 0.15) is 0 Å². The summed E-state index contributed by atoms with van der Waals surface area (Å²) in [5, 5.41) is 0. The second-order valence-electron chi connectivity index (χ2n) is 4.86. The molecule has 0 amide bonds. The Balaban J connectivity index is 3.98. The maximum absolute atomic E-state index is 11.9. The van der Waals surface area contributed by atoms with Crippen molar-refractivity contribution in [2.24, 2.45) is 5.41 Å². The fraction of sp³-hybridized carbons (Fsp3) is 0.929. The highest BCUT2D eigenvalue weighted by molar-refractivity contribution is 5.76. The first-order chi connectivity index (χ1) is 7.60. The molecule has 1 unspecified atom stereocenters. The summed E-state index contributed by atoms with van der Waals surface area (Å²) in [6.45, 7) is 9.00. The molecule has 0 aliphatic heterocycles. The molecule has 0 saturated carbocycles. The van der Waals surface area contributed by atoms with E-state index in [4.69, 9.17) is 4.74 Å². The van der Waals surface area contributed by atoms with Gasteiger partial charge in [0.05, 0.1) is 12.0 Å². The summed E-state index contributed by atoms with van der Waals surface area (Å²) in [4.78, 5) is 11.9. The topological polar surface area (TPSA) is 26.3 Å². The van der Waals surface area contributed by atoms with Crippen LogP contribution in [0.3, 0.4) is 0 Å². The van der Waals surface area contributed by atoms with Crippen LogP contribution >= 0.6 is 0 Å². The largest absolute Gasteiger partial charge is 0.465 e. The van der Waals surface area contributed by atoms with E-state index in [2.05, 4.69) is 20.8 Å². The summed E-state index contributed by atoms with van der Waals surface area (Å²) in [6, 6.07) is 0. The van der Waals surface area contributed by atoms with Gasteiger partial charge in [-0.05, 0) is 26.2 Å². The number of hydrogen-bond acceptors (Lipinski definition) is 2. The van der Waals surface area contributed by atoms with E-state index in [1.165, 1.54) is 6.42 Å². The Kier molecular flexibility index (Phi) is 8.32. The normalized spacial score (nSPS) is 14.5. The first kappa shape index (κ1) is 15.5. The molecule has 0 aromatic rings. The molecule has 0 aliphatic carbocycles. The molecule has 0 rings (SSSR count). The summed E-state index contributed by atoms with van der Waals surface area (Å²) in [5.41, 5.74) is -0.262. The SMILES string of the molecule is CCCCCOC(=O)C(C)(CC)CCCC. The maximum atomic E-state index is 11.9. The minimum absolute atomic E-state index is 0.000414. The van der Waals surface area contributed by atoms with Crippen LogP contribution in [-0.2, 0) is 9.53 Å². The Morgan fingerprint density at radius 3 is 2.19 bits per heavy atom. The third-order valence-electron chi connectivity index (χ3n) is 3.34. The Labute approximate surface area is 101 Å². The van der Waals surface area contributed by atoms with Gasteiger partial charge in [-0.15, -0.1) is 0 Å². The van der Waals surface area contributed by atoms with Gasteiger partial charge in [-0.25, -0.2) is 0 Å². The lowest BCUT2D eigenvalue weighted by Crippen LogP contribution is -2.29. The van der Waals surface area contributed by atoms with E-state index in [0.29, 0.717) is 6.61 Å². The molecule has 1 atom stereocenters.